The first kappa shape index (κ1) is 27.0. The molecule has 0 bridgehead atoms. The second kappa shape index (κ2) is 14.1. The second-order valence-electron chi connectivity index (χ2n) is 8.25. The summed E-state index contributed by atoms with van der Waals surface area (Å²) >= 11 is 0. The van der Waals surface area contributed by atoms with Gasteiger partial charge in [-0.1, -0.05) is 43.7 Å². The van der Waals surface area contributed by atoms with Crippen molar-refractivity contribution in [3.63, 3.8) is 0 Å². The van der Waals surface area contributed by atoms with Crippen LogP contribution in [0.4, 0.5) is 0 Å². The minimum absolute atomic E-state index is 0.185. The smallest absolute Gasteiger partial charge is 0.252 e. The molecule has 0 aliphatic heterocycles. The van der Waals surface area contributed by atoms with Gasteiger partial charge in [0, 0.05) is 12.1 Å². The van der Waals surface area contributed by atoms with Gasteiger partial charge in [-0.15, -0.1) is 0 Å². The lowest BCUT2D eigenvalue weighted by Gasteiger charge is -2.20. The summed E-state index contributed by atoms with van der Waals surface area (Å²) in [7, 11) is 6.99. The monoisotopic (exact) mass is 471 g/mol. The highest BCUT2D eigenvalue weighted by Gasteiger charge is 2.23. The number of nitrogens with zero attached hydrogens (tertiary/aromatic N) is 1. The maximum absolute atomic E-state index is 13.0. The summed E-state index contributed by atoms with van der Waals surface area (Å²) in [6.07, 6.45) is 2.14. The zero-order valence-corrected chi connectivity index (χ0v) is 20.8. The van der Waals surface area contributed by atoms with Gasteiger partial charge in [0.1, 0.15) is 12.6 Å². The number of hydrogen-bond donors (Lipinski definition) is 2. The molecule has 0 fully saturated rings. The Labute approximate surface area is 202 Å². The molecule has 2 amide bonds. The maximum atomic E-state index is 13.0. The van der Waals surface area contributed by atoms with Gasteiger partial charge in [0.25, 0.3) is 5.91 Å². The zero-order valence-electron chi connectivity index (χ0n) is 20.8. The minimum atomic E-state index is -0.622. The molecule has 34 heavy (non-hydrogen) atoms. The van der Waals surface area contributed by atoms with Crippen LogP contribution < -0.4 is 24.8 Å². The van der Waals surface area contributed by atoms with Crippen LogP contribution in [0.3, 0.4) is 0 Å². The molecule has 0 aliphatic carbocycles. The third kappa shape index (κ3) is 8.26. The van der Waals surface area contributed by atoms with E-state index in [0.717, 1.165) is 24.9 Å². The van der Waals surface area contributed by atoms with E-state index in [4.69, 9.17) is 14.2 Å². The molecule has 1 atom stereocenters. The van der Waals surface area contributed by atoms with E-state index < -0.39 is 6.04 Å². The highest BCUT2D eigenvalue weighted by Crippen LogP contribution is 2.39. The van der Waals surface area contributed by atoms with Crippen molar-refractivity contribution in [3.05, 3.63) is 53.6 Å². The Bertz CT molecular complexity index is 893. The number of methoxy groups -OCH3 is 2. The lowest BCUT2D eigenvalue weighted by atomic mass is 10.1. The van der Waals surface area contributed by atoms with Crippen LogP contribution in [0.15, 0.2) is 42.5 Å². The van der Waals surface area contributed by atoms with Gasteiger partial charge in [-0.05, 0) is 51.2 Å². The van der Waals surface area contributed by atoms with Gasteiger partial charge in [-0.3, -0.25) is 9.59 Å². The van der Waals surface area contributed by atoms with Crippen LogP contribution in [0, 0.1) is 0 Å². The van der Waals surface area contributed by atoms with Crippen molar-refractivity contribution in [2.45, 2.75) is 38.8 Å². The summed E-state index contributed by atoms with van der Waals surface area (Å²) in [4.78, 5) is 27.7. The number of carbonyl (C=O) groups is 2. The van der Waals surface area contributed by atoms with Crippen LogP contribution in [0.1, 0.15) is 42.1 Å². The molecule has 186 valence electrons. The standard InChI is InChI=1S/C26H37N3O5/c1-6-11-21(26(31)27-14-10-15-29(2)3)28-25(30)20-16-22(32-4)24(23(17-20)33-5)34-18-19-12-8-7-9-13-19/h7-9,12-13,16-17,21H,6,10-11,14-15,18H2,1-5H3,(H,27,31)(H,28,30)/t21-/m0/s1. The summed E-state index contributed by atoms with van der Waals surface area (Å²) < 4.78 is 16.9. The fourth-order valence-corrected chi connectivity index (χ4v) is 3.41. The number of amides is 2. The highest BCUT2D eigenvalue weighted by molar-refractivity contribution is 5.98. The van der Waals surface area contributed by atoms with Crippen LogP contribution in [0.25, 0.3) is 0 Å². The Hall–Kier alpha value is -3.26. The third-order valence-electron chi connectivity index (χ3n) is 5.23. The average molecular weight is 472 g/mol. The quantitative estimate of drug-likeness (QED) is 0.411. The van der Waals surface area contributed by atoms with E-state index in [1.807, 2.05) is 51.4 Å². The van der Waals surface area contributed by atoms with E-state index in [1.54, 1.807) is 12.1 Å². The van der Waals surface area contributed by atoms with Crippen molar-refractivity contribution in [1.29, 1.82) is 0 Å². The Morgan fingerprint density at radius 2 is 1.68 bits per heavy atom. The van der Waals surface area contributed by atoms with Crippen molar-refractivity contribution >= 4 is 11.8 Å². The number of benzene rings is 2. The molecule has 0 aliphatic rings. The molecule has 2 rings (SSSR count). The van der Waals surface area contributed by atoms with Crippen LogP contribution in [-0.4, -0.2) is 64.2 Å². The molecule has 0 saturated carbocycles. The first-order valence-corrected chi connectivity index (χ1v) is 11.6. The number of carbonyl (C=O) groups excluding carboxylic acids is 2. The first-order valence-electron chi connectivity index (χ1n) is 11.6. The molecule has 8 nitrogen and oxygen atoms in total. The number of rotatable bonds is 14. The predicted octanol–water partition coefficient (Wildman–Crippen LogP) is 3.25. The molecule has 2 aromatic carbocycles. The summed E-state index contributed by atoms with van der Waals surface area (Å²) in [6.45, 7) is 3.74. The summed E-state index contributed by atoms with van der Waals surface area (Å²) in [6, 6.07) is 12.3. The fourth-order valence-electron chi connectivity index (χ4n) is 3.41. The highest BCUT2D eigenvalue weighted by atomic mass is 16.5. The van der Waals surface area contributed by atoms with Gasteiger partial charge >= 0.3 is 0 Å². The van der Waals surface area contributed by atoms with Crippen LogP contribution in [0.2, 0.25) is 0 Å². The third-order valence-corrected chi connectivity index (χ3v) is 5.23. The molecule has 8 heteroatoms. The van der Waals surface area contributed by atoms with Crippen LogP contribution >= 0.6 is 0 Å². The van der Waals surface area contributed by atoms with Crippen molar-refractivity contribution in [2.75, 3.05) is 41.4 Å². The van der Waals surface area contributed by atoms with E-state index in [1.165, 1.54) is 14.2 Å². The predicted molar refractivity (Wildman–Crippen MR) is 133 cm³/mol. The topological polar surface area (TPSA) is 89.1 Å². The SMILES string of the molecule is CCC[C@H](NC(=O)c1cc(OC)c(OCc2ccccc2)c(OC)c1)C(=O)NCCCN(C)C. The molecular weight excluding hydrogens is 434 g/mol. The van der Waals surface area contributed by atoms with Gasteiger partial charge in [-0.2, -0.15) is 0 Å². The zero-order chi connectivity index (χ0) is 24.9. The molecular formula is C26H37N3O5. The van der Waals surface area contributed by atoms with E-state index in [9.17, 15) is 9.59 Å². The molecule has 0 spiro atoms. The van der Waals surface area contributed by atoms with Gasteiger partial charge in [0.05, 0.1) is 14.2 Å². The summed E-state index contributed by atoms with van der Waals surface area (Å²) in [5, 5.41) is 5.77. The van der Waals surface area contributed by atoms with Crippen molar-refractivity contribution in [3.8, 4) is 17.2 Å². The van der Waals surface area contributed by atoms with Crippen LogP contribution in [0.5, 0.6) is 17.2 Å². The largest absolute Gasteiger partial charge is 0.493 e. The van der Waals surface area contributed by atoms with Gasteiger partial charge in [0.15, 0.2) is 11.5 Å². The number of ether oxygens (including phenoxy) is 3. The van der Waals surface area contributed by atoms with Gasteiger partial charge in [0.2, 0.25) is 11.7 Å². The summed E-state index contributed by atoms with van der Waals surface area (Å²) in [5.74, 6) is 0.596. The normalized spacial score (nSPS) is 11.6. The molecule has 0 radical (unpaired) electrons. The molecule has 0 heterocycles. The van der Waals surface area contributed by atoms with E-state index in [0.29, 0.717) is 42.4 Å². The first-order chi connectivity index (χ1) is 16.4. The second-order valence-corrected chi connectivity index (χ2v) is 8.25. The van der Waals surface area contributed by atoms with E-state index in [-0.39, 0.29) is 11.8 Å². The minimum Gasteiger partial charge on any atom is -0.493 e. The molecule has 0 unspecified atom stereocenters. The van der Waals surface area contributed by atoms with E-state index in [2.05, 4.69) is 15.5 Å². The lowest BCUT2D eigenvalue weighted by molar-refractivity contribution is -0.123. The number of hydrogen-bond acceptors (Lipinski definition) is 6. The fraction of sp³-hybridized carbons (Fsp3) is 0.462. The maximum Gasteiger partial charge on any atom is 0.252 e. The Balaban J connectivity index is 2.12. The molecule has 2 aromatic rings. The van der Waals surface area contributed by atoms with Crippen LogP contribution in [-0.2, 0) is 11.4 Å². The Kier molecular flexibility index (Phi) is 11.2. The molecule has 0 saturated heterocycles. The summed E-state index contributed by atoms with van der Waals surface area (Å²) in [5.41, 5.74) is 1.31. The average Bonchev–Trinajstić information content (AvgIpc) is 2.84. The van der Waals surface area contributed by atoms with Crippen molar-refractivity contribution in [1.82, 2.24) is 15.5 Å². The molecule has 2 N–H and O–H groups in total. The Morgan fingerprint density at radius 1 is 1.03 bits per heavy atom. The van der Waals surface area contributed by atoms with Gasteiger partial charge < -0.3 is 29.7 Å². The lowest BCUT2D eigenvalue weighted by Crippen LogP contribution is -2.47. The molecule has 0 aromatic heterocycles. The van der Waals surface area contributed by atoms with Crippen molar-refractivity contribution in [2.24, 2.45) is 0 Å². The Morgan fingerprint density at radius 3 is 2.24 bits per heavy atom. The van der Waals surface area contributed by atoms with E-state index >= 15 is 0 Å². The van der Waals surface area contributed by atoms with Crippen molar-refractivity contribution < 1.29 is 23.8 Å². The van der Waals surface area contributed by atoms with Gasteiger partial charge in [-0.25, -0.2) is 0 Å². The number of nitrogens with one attached hydrogen (secondary N) is 2.